The molecule has 0 amide bonds. The van der Waals surface area contributed by atoms with Gasteiger partial charge < -0.3 is 0 Å². The third-order valence-corrected chi connectivity index (χ3v) is 3.12. The topological polar surface area (TPSA) is 41.4 Å². The molecule has 2 aromatic rings. The van der Waals surface area contributed by atoms with Gasteiger partial charge in [-0.1, -0.05) is 17.9 Å². The second-order valence-electron chi connectivity index (χ2n) is 3.34. The van der Waals surface area contributed by atoms with Crippen molar-refractivity contribution in [2.45, 2.75) is 6.92 Å². The highest BCUT2D eigenvalue weighted by molar-refractivity contribution is 7.14. The summed E-state index contributed by atoms with van der Waals surface area (Å²) in [5.41, 5.74) is 1.97. The van der Waals surface area contributed by atoms with Gasteiger partial charge in [-0.05, 0) is 31.2 Å². The Morgan fingerprint density at radius 3 is 2.47 bits per heavy atom. The summed E-state index contributed by atoms with van der Waals surface area (Å²) in [6.45, 7) is 9.08. The summed E-state index contributed by atoms with van der Waals surface area (Å²) in [6.07, 6.45) is 1.61. The molecule has 0 atom stereocenters. The van der Waals surface area contributed by atoms with Crippen molar-refractivity contribution in [2.24, 2.45) is 5.10 Å². The van der Waals surface area contributed by atoms with E-state index < -0.39 is 0 Å². The first-order valence-corrected chi connectivity index (χ1v) is 5.85. The van der Waals surface area contributed by atoms with Crippen LogP contribution in [0.3, 0.4) is 0 Å². The predicted octanol–water partition coefficient (Wildman–Crippen LogP) is 3.08. The van der Waals surface area contributed by atoms with E-state index in [1.165, 1.54) is 0 Å². The van der Waals surface area contributed by atoms with Crippen molar-refractivity contribution in [3.05, 3.63) is 42.1 Å². The average molecular weight is 244 g/mol. The van der Waals surface area contributed by atoms with E-state index in [4.69, 9.17) is 0 Å². The van der Waals surface area contributed by atoms with Gasteiger partial charge in [0.25, 0.3) is 0 Å². The molecule has 0 unspecified atom stereocenters. The number of benzene rings is 1. The number of hydrazone groups is 1. The first-order valence-electron chi connectivity index (χ1n) is 5.03. The minimum Gasteiger partial charge on any atom is -0.242 e. The zero-order chi connectivity index (χ0) is 12.3. The fraction of sp³-hybridized carbons (Fsp3) is 0.0833. The summed E-state index contributed by atoms with van der Waals surface area (Å²) in [4.78, 5) is 0. The Bertz CT molecular complexity index is 522. The molecule has 0 fully saturated rings. The summed E-state index contributed by atoms with van der Waals surface area (Å²) >= 11 is 1.57. The van der Waals surface area contributed by atoms with Crippen LogP contribution in [0.25, 0.3) is 10.6 Å². The number of hydrogen-bond donors (Lipinski definition) is 0. The van der Waals surface area contributed by atoms with Gasteiger partial charge in [-0.15, -0.1) is 10.2 Å². The van der Waals surface area contributed by atoms with Crippen molar-refractivity contribution in [3.8, 4) is 10.6 Å². The minimum atomic E-state index is 0.917. The molecule has 0 bridgehead atoms. The Labute approximate surface area is 104 Å². The molecule has 0 radical (unpaired) electrons. The van der Waals surface area contributed by atoms with Crippen molar-refractivity contribution >= 4 is 23.7 Å². The lowest BCUT2D eigenvalue weighted by molar-refractivity contribution is 1.05. The maximum atomic E-state index is 4.10. The second kappa shape index (κ2) is 4.88. The van der Waals surface area contributed by atoms with Gasteiger partial charge >= 0.3 is 0 Å². The monoisotopic (exact) mass is 244 g/mol. The van der Waals surface area contributed by atoms with E-state index in [1.807, 2.05) is 31.2 Å². The highest BCUT2D eigenvalue weighted by Crippen LogP contribution is 2.25. The Balaban J connectivity index is 2.29. The summed E-state index contributed by atoms with van der Waals surface area (Å²) in [7, 11) is 0. The van der Waals surface area contributed by atoms with Gasteiger partial charge in [0.1, 0.15) is 10.0 Å². The van der Waals surface area contributed by atoms with Crippen LogP contribution < -0.4 is 5.01 Å². The second-order valence-corrected chi connectivity index (χ2v) is 4.52. The zero-order valence-electron chi connectivity index (χ0n) is 9.50. The van der Waals surface area contributed by atoms with Crippen LogP contribution in [0.15, 0.2) is 42.1 Å². The van der Waals surface area contributed by atoms with Crippen molar-refractivity contribution < 1.29 is 0 Å². The van der Waals surface area contributed by atoms with Gasteiger partial charge in [-0.3, -0.25) is 0 Å². The van der Waals surface area contributed by atoms with E-state index in [2.05, 4.69) is 28.6 Å². The Morgan fingerprint density at radius 1 is 1.29 bits per heavy atom. The van der Waals surface area contributed by atoms with Gasteiger partial charge in [-0.2, -0.15) is 5.10 Å². The number of aromatic nitrogens is 2. The summed E-state index contributed by atoms with van der Waals surface area (Å²) in [6, 6.07) is 7.86. The lowest BCUT2D eigenvalue weighted by atomic mass is 10.2. The molecule has 0 N–H and O–H groups in total. The first-order chi connectivity index (χ1) is 8.24. The van der Waals surface area contributed by atoms with E-state index in [0.717, 1.165) is 21.3 Å². The number of rotatable bonds is 4. The third-order valence-electron chi connectivity index (χ3n) is 2.23. The van der Waals surface area contributed by atoms with Gasteiger partial charge in [0.2, 0.25) is 0 Å². The molecule has 0 aliphatic rings. The molecule has 86 valence electrons. The van der Waals surface area contributed by atoms with E-state index in [1.54, 1.807) is 22.5 Å². The molecule has 5 heteroatoms. The predicted molar refractivity (Wildman–Crippen MR) is 72.3 cm³/mol. The van der Waals surface area contributed by atoms with Crippen LogP contribution in [0, 0.1) is 6.92 Å². The lowest BCUT2D eigenvalue weighted by Crippen LogP contribution is -2.04. The average Bonchev–Trinajstić information content (AvgIpc) is 2.78. The number of nitrogens with zero attached hydrogens (tertiary/aromatic N) is 4. The quantitative estimate of drug-likeness (QED) is 0.613. The Hall–Kier alpha value is -2.01. The molecule has 0 spiro atoms. The lowest BCUT2D eigenvalue weighted by Gasteiger charge is -2.12. The molecule has 0 saturated carbocycles. The summed E-state index contributed by atoms with van der Waals surface area (Å²) < 4.78 is 0. The third kappa shape index (κ3) is 2.39. The van der Waals surface area contributed by atoms with E-state index in [-0.39, 0.29) is 0 Å². The van der Waals surface area contributed by atoms with Gasteiger partial charge in [0, 0.05) is 18.5 Å². The molecule has 2 rings (SSSR count). The zero-order valence-corrected chi connectivity index (χ0v) is 10.3. The molecule has 17 heavy (non-hydrogen) atoms. The van der Waals surface area contributed by atoms with Crippen LogP contribution in [0.1, 0.15) is 5.01 Å². The molecular weight excluding hydrogens is 232 g/mol. The van der Waals surface area contributed by atoms with Gasteiger partial charge in [0.05, 0.1) is 5.69 Å². The maximum absolute atomic E-state index is 4.10. The number of anilines is 1. The normalized spacial score (nSPS) is 9.94. The first kappa shape index (κ1) is 11.5. The Morgan fingerprint density at radius 2 is 2.00 bits per heavy atom. The van der Waals surface area contributed by atoms with E-state index in [9.17, 15) is 0 Å². The summed E-state index contributed by atoms with van der Waals surface area (Å²) in [5.74, 6) is 0. The molecule has 1 aromatic heterocycles. The van der Waals surface area contributed by atoms with Crippen LogP contribution in [0.4, 0.5) is 5.69 Å². The minimum absolute atomic E-state index is 0.917. The van der Waals surface area contributed by atoms with Crippen LogP contribution in [-0.4, -0.2) is 16.9 Å². The molecule has 4 nitrogen and oxygen atoms in total. The van der Waals surface area contributed by atoms with Gasteiger partial charge in [0.15, 0.2) is 0 Å². The molecule has 0 saturated heterocycles. The van der Waals surface area contributed by atoms with Crippen molar-refractivity contribution in [1.82, 2.24) is 10.2 Å². The number of hydrogen-bond acceptors (Lipinski definition) is 5. The smallest absolute Gasteiger partial charge is 0.147 e. The molecule has 1 aromatic carbocycles. The van der Waals surface area contributed by atoms with Gasteiger partial charge in [-0.25, -0.2) is 5.01 Å². The standard InChI is InChI=1S/C12H12N4S/c1-4-16(13-3)11-7-5-10(6-8-11)12-15-14-9(2)17-12/h4-8H,1,3H2,2H3. The highest BCUT2D eigenvalue weighted by Gasteiger charge is 2.05. The largest absolute Gasteiger partial charge is 0.242 e. The van der Waals surface area contributed by atoms with E-state index in [0.29, 0.717) is 0 Å². The van der Waals surface area contributed by atoms with Crippen molar-refractivity contribution in [2.75, 3.05) is 5.01 Å². The van der Waals surface area contributed by atoms with Crippen LogP contribution >= 0.6 is 11.3 Å². The SMILES string of the molecule is C=CN(N=C)c1ccc(-c2nnc(C)s2)cc1. The highest BCUT2D eigenvalue weighted by atomic mass is 32.1. The molecule has 0 aliphatic carbocycles. The Kier molecular flexibility index (Phi) is 3.30. The van der Waals surface area contributed by atoms with Crippen LogP contribution in [-0.2, 0) is 0 Å². The number of aryl methyl sites for hydroxylation is 1. The van der Waals surface area contributed by atoms with Crippen LogP contribution in [0.5, 0.6) is 0 Å². The molecular formula is C12H12N4S. The van der Waals surface area contributed by atoms with E-state index >= 15 is 0 Å². The van der Waals surface area contributed by atoms with Crippen LogP contribution in [0.2, 0.25) is 0 Å². The van der Waals surface area contributed by atoms with Crippen molar-refractivity contribution in [3.63, 3.8) is 0 Å². The maximum Gasteiger partial charge on any atom is 0.147 e. The fourth-order valence-corrected chi connectivity index (χ4v) is 2.11. The fourth-order valence-electron chi connectivity index (χ4n) is 1.41. The van der Waals surface area contributed by atoms with Crippen molar-refractivity contribution in [1.29, 1.82) is 0 Å². The summed E-state index contributed by atoms with van der Waals surface area (Å²) in [5, 5.41) is 15.4. The molecule has 0 aliphatic heterocycles. The molecule has 1 heterocycles.